The molecule has 0 spiro atoms. The molecule has 2 heterocycles. The lowest BCUT2D eigenvalue weighted by molar-refractivity contribution is 0.249. The van der Waals surface area contributed by atoms with Gasteiger partial charge in [0.05, 0.1) is 16.5 Å². The molecule has 2 aromatic carbocycles. The summed E-state index contributed by atoms with van der Waals surface area (Å²) in [7, 11) is -3.64. The number of thiazole rings is 1. The lowest BCUT2D eigenvalue weighted by atomic mass is 10.1. The summed E-state index contributed by atoms with van der Waals surface area (Å²) in [5.74, 6) is 0. The van der Waals surface area contributed by atoms with E-state index in [2.05, 4.69) is 25.6 Å². The number of piperazine rings is 1. The van der Waals surface area contributed by atoms with Gasteiger partial charge in [-0.05, 0) is 35.9 Å². The summed E-state index contributed by atoms with van der Waals surface area (Å²) in [5.41, 5.74) is 2.78. The molecule has 1 aliphatic heterocycles. The van der Waals surface area contributed by atoms with Crippen molar-refractivity contribution in [2.24, 2.45) is 0 Å². The number of rotatable bonds is 6. The minimum atomic E-state index is -3.64. The molecule has 30 heavy (non-hydrogen) atoms. The SMILES string of the molecule is N#Cc1ccccc1CN1CCN(c2ccc(S(=O)(=O)Nc3nccs3)cc2)CC1. The molecular formula is C21H21N5O2S2. The number of nitriles is 1. The third kappa shape index (κ3) is 4.62. The van der Waals surface area contributed by atoms with Gasteiger partial charge in [0, 0.05) is 50.0 Å². The van der Waals surface area contributed by atoms with E-state index in [-0.39, 0.29) is 4.90 Å². The van der Waals surface area contributed by atoms with Crippen molar-refractivity contribution in [3.8, 4) is 6.07 Å². The fraction of sp³-hybridized carbons (Fsp3) is 0.238. The fourth-order valence-corrected chi connectivity index (χ4v) is 5.24. The van der Waals surface area contributed by atoms with Crippen molar-refractivity contribution in [3.63, 3.8) is 0 Å². The molecule has 3 aromatic rings. The number of hydrogen-bond acceptors (Lipinski definition) is 7. The van der Waals surface area contributed by atoms with E-state index in [9.17, 15) is 13.7 Å². The van der Waals surface area contributed by atoms with Gasteiger partial charge in [-0.3, -0.25) is 9.62 Å². The van der Waals surface area contributed by atoms with Gasteiger partial charge in [0.25, 0.3) is 10.0 Å². The van der Waals surface area contributed by atoms with E-state index < -0.39 is 10.0 Å². The van der Waals surface area contributed by atoms with Crippen molar-refractivity contribution in [2.75, 3.05) is 35.8 Å². The Morgan fingerprint density at radius 1 is 1.07 bits per heavy atom. The summed E-state index contributed by atoms with van der Waals surface area (Å²) in [4.78, 5) is 8.76. The van der Waals surface area contributed by atoms with Gasteiger partial charge >= 0.3 is 0 Å². The van der Waals surface area contributed by atoms with Crippen LogP contribution in [0, 0.1) is 11.3 Å². The van der Waals surface area contributed by atoms with Crippen molar-refractivity contribution in [2.45, 2.75) is 11.4 Å². The normalized spacial score (nSPS) is 15.0. The van der Waals surface area contributed by atoms with Crippen LogP contribution >= 0.6 is 11.3 Å². The first-order valence-electron chi connectivity index (χ1n) is 9.53. The van der Waals surface area contributed by atoms with E-state index in [0.717, 1.165) is 49.5 Å². The molecule has 0 amide bonds. The highest BCUT2D eigenvalue weighted by atomic mass is 32.2. The number of anilines is 2. The molecule has 7 nitrogen and oxygen atoms in total. The zero-order chi connectivity index (χ0) is 21.0. The monoisotopic (exact) mass is 439 g/mol. The fourth-order valence-electron chi connectivity index (χ4n) is 3.46. The molecule has 4 rings (SSSR count). The zero-order valence-corrected chi connectivity index (χ0v) is 17.9. The van der Waals surface area contributed by atoms with E-state index >= 15 is 0 Å². The van der Waals surface area contributed by atoms with Crippen LogP contribution in [0.25, 0.3) is 0 Å². The summed E-state index contributed by atoms with van der Waals surface area (Å²) in [6.07, 6.45) is 1.56. The minimum Gasteiger partial charge on any atom is -0.369 e. The smallest absolute Gasteiger partial charge is 0.263 e. The predicted octanol–water partition coefficient (Wildman–Crippen LogP) is 3.14. The first kappa shape index (κ1) is 20.3. The van der Waals surface area contributed by atoms with Crippen LogP contribution in [0.1, 0.15) is 11.1 Å². The maximum atomic E-state index is 12.5. The number of benzene rings is 2. The molecule has 1 aliphatic rings. The van der Waals surface area contributed by atoms with Crippen molar-refractivity contribution >= 4 is 32.2 Å². The lowest BCUT2D eigenvalue weighted by Gasteiger charge is -2.36. The Hall–Kier alpha value is -2.93. The van der Waals surface area contributed by atoms with Crippen LogP contribution in [0.5, 0.6) is 0 Å². The quantitative estimate of drug-likeness (QED) is 0.635. The van der Waals surface area contributed by atoms with Crippen molar-refractivity contribution < 1.29 is 8.42 Å². The summed E-state index contributed by atoms with van der Waals surface area (Å²) in [6, 6.07) is 16.9. The second-order valence-electron chi connectivity index (χ2n) is 6.97. The topological polar surface area (TPSA) is 89.3 Å². The van der Waals surface area contributed by atoms with Crippen LogP contribution in [0.3, 0.4) is 0 Å². The van der Waals surface area contributed by atoms with E-state index in [1.165, 1.54) is 11.3 Å². The van der Waals surface area contributed by atoms with Gasteiger partial charge in [0.1, 0.15) is 0 Å². The Balaban J connectivity index is 1.36. The van der Waals surface area contributed by atoms with Crippen LogP contribution in [0.15, 0.2) is 65.0 Å². The van der Waals surface area contributed by atoms with E-state index in [1.54, 1.807) is 23.7 Å². The number of hydrogen-bond donors (Lipinski definition) is 1. The molecule has 1 saturated heterocycles. The maximum absolute atomic E-state index is 12.5. The largest absolute Gasteiger partial charge is 0.369 e. The summed E-state index contributed by atoms with van der Waals surface area (Å²) in [5, 5.41) is 11.3. The van der Waals surface area contributed by atoms with Gasteiger partial charge in [-0.1, -0.05) is 18.2 Å². The highest BCUT2D eigenvalue weighted by molar-refractivity contribution is 7.93. The Morgan fingerprint density at radius 3 is 2.47 bits per heavy atom. The highest BCUT2D eigenvalue weighted by Gasteiger charge is 2.20. The average Bonchev–Trinajstić information content (AvgIpc) is 3.27. The van der Waals surface area contributed by atoms with Gasteiger partial charge in [-0.25, -0.2) is 13.4 Å². The van der Waals surface area contributed by atoms with Crippen LogP contribution < -0.4 is 9.62 Å². The summed E-state index contributed by atoms with van der Waals surface area (Å²) < 4.78 is 27.4. The Kier molecular flexibility index (Phi) is 5.99. The number of aromatic nitrogens is 1. The molecular weight excluding hydrogens is 418 g/mol. The molecule has 1 fully saturated rings. The van der Waals surface area contributed by atoms with Crippen molar-refractivity contribution in [1.82, 2.24) is 9.88 Å². The molecule has 1 aromatic heterocycles. The minimum absolute atomic E-state index is 0.216. The highest BCUT2D eigenvalue weighted by Crippen LogP contribution is 2.23. The van der Waals surface area contributed by atoms with E-state index in [1.807, 2.05) is 36.4 Å². The van der Waals surface area contributed by atoms with Crippen molar-refractivity contribution in [3.05, 3.63) is 71.2 Å². The first-order valence-corrected chi connectivity index (χ1v) is 11.9. The molecule has 0 unspecified atom stereocenters. The Bertz CT molecular complexity index is 1130. The van der Waals surface area contributed by atoms with Gasteiger partial charge in [-0.15, -0.1) is 11.3 Å². The molecule has 0 saturated carbocycles. The van der Waals surface area contributed by atoms with Crippen LogP contribution in [-0.4, -0.2) is 44.5 Å². The van der Waals surface area contributed by atoms with Gasteiger partial charge < -0.3 is 4.90 Å². The molecule has 9 heteroatoms. The van der Waals surface area contributed by atoms with Crippen LogP contribution in [-0.2, 0) is 16.6 Å². The first-order chi connectivity index (χ1) is 14.5. The van der Waals surface area contributed by atoms with Gasteiger partial charge in [0.15, 0.2) is 5.13 Å². The van der Waals surface area contributed by atoms with Gasteiger partial charge in [-0.2, -0.15) is 5.26 Å². The standard InChI is InChI=1S/C21H21N5O2S2/c22-15-17-3-1-2-4-18(17)16-25-10-12-26(13-11-25)19-5-7-20(8-6-19)30(27,28)24-21-23-9-14-29-21/h1-9,14H,10-13,16H2,(H,23,24). The lowest BCUT2D eigenvalue weighted by Crippen LogP contribution is -2.46. The number of nitrogens with zero attached hydrogens (tertiary/aromatic N) is 4. The average molecular weight is 440 g/mol. The molecule has 1 N–H and O–H groups in total. The van der Waals surface area contributed by atoms with Crippen LogP contribution in [0.4, 0.5) is 10.8 Å². The molecule has 0 aliphatic carbocycles. The summed E-state index contributed by atoms with van der Waals surface area (Å²) in [6.45, 7) is 4.21. The molecule has 0 radical (unpaired) electrons. The zero-order valence-electron chi connectivity index (χ0n) is 16.2. The Labute approximate surface area is 180 Å². The summed E-state index contributed by atoms with van der Waals surface area (Å²) >= 11 is 1.24. The second kappa shape index (κ2) is 8.83. The van der Waals surface area contributed by atoms with Crippen LogP contribution in [0.2, 0.25) is 0 Å². The second-order valence-corrected chi connectivity index (χ2v) is 9.55. The van der Waals surface area contributed by atoms with Gasteiger partial charge in [0.2, 0.25) is 0 Å². The van der Waals surface area contributed by atoms with E-state index in [0.29, 0.717) is 5.13 Å². The number of sulfonamides is 1. The number of nitrogens with one attached hydrogen (secondary N) is 1. The third-order valence-electron chi connectivity index (χ3n) is 5.07. The third-order valence-corrected chi connectivity index (χ3v) is 7.24. The van der Waals surface area contributed by atoms with Crippen molar-refractivity contribution in [1.29, 1.82) is 5.26 Å². The maximum Gasteiger partial charge on any atom is 0.263 e. The molecule has 0 atom stereocenters. The molecule has 154 valence electrons. The molecule has 0 bridgehead atoms. The predicted molar refractivity (Wildman–Crippen MR) is 118 cm³/mol. The van der Waals surface area contributed by atoms with E-state index in [4.69, 9.17) is 0 Å². The Morgan fingerprint density at radius 2 is 1.80 bits per heavy atom.